The maximum absolute atomic E-state index is 13.2. The van der Waals surface area contributed by atoms with Crippen LogP contribution < -0.4 is 0 Å². The summed E-state index contributed by atoms with van der Waals surface area (Å²) >= 11 is 0. The summed E-state index contributed by atoms with van der Waals surface area (Å²) in [6.07, 6.45) is 31.2. The van der Waals surface area contributed by atoms with Crippen molar-refractivity contribution in [2.45, 2.75) is 267 Å². The molecule has 0 amide bonds. The molecule has 0 radical (unpaired) electrons. The lowest BCUT2D eigenvalue weighted by Gasteiger charge is -2.58. The summed E-state index contributed by atoms with van der Waals surface area (Å²) in [4.78, 5) is 41.5. The number of fused-ring (bicyclic) bond motifs is 2. The topological polar surface area (TPSA) is 119 Å². The molecule has 0 heterocycles. The van der Waals surface area contributed by atoms with Crippen molar-refractivity contribution in [2.75, 3.05) is 66.4 Å². The molecule has 2 bridgehead atoms. The van der Waals surface area contributed by atoms with Gasteiger partial charge in [0.25, 0.3) is 0 Å². The molecule has 406 valence electrons. The van der Waals surface area contributed by atoms with Crippen LogP contribution in [0.1, 0.15) is 254 Å². The van der Waals surface area contributed by atoms with Gasteiger partial charge in [-0.1, -0.05) is 145 Å². The Morgan fingerprint density at radius 1 is 0.478 bits per heavy atom. The fourth-order valence-electron chi connectivity index (χ4n) is 11.7. The maximum atomic E-state index is 13.2. The summed E-state index contributed by atoms with van der Waals surface area (Å²) in [5.74, 6) is -0.0246. The standard InChI is InChI=1S/C58H109NO10/c1-9-14-17-20-23-26-39-67-54(63-8)33-31-52(61)66-44-37-58-47-50(45-56(6,48-58)35-42-64-51(60)30-29-38-59(12-4)13-5)46-57(7,49-58)36-43-65-53(62)32-34-55(68-40-27-24-21-18-15-10-2)69-41-28-25-22-19-16-11-3/h50,54-55H,9-49H2,1-8H3. The van der Waals surface area contributed by atoms with Gasteiger partial charge in [0, 0.05) is 46.2 Å². The van der Waals surface area contributed by atoms with Gasteiger partial charge in [-0.05, 0) is 119 Å². The SMILES string of the molecule is CCCCCCCCOC(CCC(=O)OCCC12CC(CC(C)(CCOC(=O)CCCN(CC)CC)C1)CC(C)(CCOC(=O)CCC(OCCCCCCCC)OCCCCCCCC)C2)OC. The Bertz CT molecular complexity index is 1280. The number of nitrogens with zero attached hydrogens (tertiary/aromatic N) is 1. The predicted molar refractivity (Wildman–Crippen MR) is 280 cm³/mol. The average Bonchev–Trinajstić information content (AvgIpc) is 3.31. The number of esters is 3. The normalized spacial score (nSPS) is 21.7. The molecular formula is C58H109NO10. The summed E-state index contributed by atoms with van der Waals surface area (Å²) in [7, 11) is 1.64. The molecule has 2 rings (SSSR count). The quantitative estimate of drug-likeness (QED) is 0.0251. The molecule has 2 aliphatic rings. The maximum Gasteiger partial charge on any atom is 0.305 e. The van der Waals surface area contributed by atoms with Crippen molar-refractivity contribution < 1.29 is 47.5 Å². The van der Waals surface area contributed by atoms with Crippen LogP contribution in [0.4, 0.5) is 0 Å². The minimum atomic E-state index is -0.413. The van der Waals surface area contributed by atoms with E-state index in [4.69, 9.17) is 33.2 Å². The van der Waals surface area contributed by atoms with E-state index in [1.165, 1.54) is 77.0 Å². The van der Waals surface area contributed by atoms with Crippen molar-refractivity contribution in [1.82, 2.24) is 4.90 Å². The molecule has 0 aromatic carbocycles. The van der Waals surface area contributed by atoms with E-state index in [2.05, 4.69) is 53.4 Å². The van der Waals surface area contributed by atoms with E-state index in [1.54, 1.807) is 7.11 Å². The lowest BCUT2D eigenvalue weighted by molar-refractivity contribution is -0.160. The number of unbranched alkanes of at least 4 members (excludes halogenated alkanes) is 15. The first-order valence-corrected chi connectivity index (χ1v) is 28.9. The molecule has 69 heavy (non-hydrogen) atoms. The monoisotopic (exact) mass is 980 g/mol. The second-order valence-electron chi connectivity index (χ2n) is 22.1. The van der Waals surface area contributed by atoms with E-state index >= 15 is 0 Å². The van der Waals surface area contributed by atoms with Gasteiger partial charge in [0.1, 0.15) is 0 Å². The first-order chi connectivity index (χ1) is 33.4. The predicted octanol–water partition coefficient (Wildman–Crippen LogP) is 14.5. The number of ether oxygens (including phenoxy) is 7. The van der Waals surface area contributed by atoms with Crippen LogP contribution in [0.15, 0.2) is 0 Å². The number of carbonyl (C=O) groups excluding carboxylic acids is 3. The second kappa shape index (κ2) is 38.8. The highest BCUT2D eigenvalue weighted by atomic mass is 16.7. The minimum absolute atomic E-state index is 0.00599. The number of rotatable bonds is 46. The van der Waals surface area contributed by atoms with Gasteiger partial charge in [-0.3, -0.25) is 14.4 Å². The molecule has 0 aliphatic heterocycles. The number of methoxy groups -OCH3 is 1. The Balaban J connectivity index is 1.99. The summed E-state index contributed by atoms with van der Waals surface area (Å²) in [5, 5.41) is 0. The van der Waals surface area contributed by atoms with Crippen molar-refractivity contribution in [3.63, 3.8) is 0 Å². The fraction of sp³-hybridized carbons (Fsp3) is 0.948. The van der Waals surface area contributed by atoms with Crippen LogP contribution in [0.25, 0.3) is 0 Å². The molecule has 11 heteroatoms. The number of hydrogen-bond acceptors (Lipinski definition) is 11. The second-order valence-corrected chi connectivity index (χ2v) is 22.1. The molecule has 0 aromatic rings. The zero-order chi connectivity index (χ0) is 50.5. The molecule has 0 spiro atoms. The molecule has 0 aromatic heterocycles. The molecular weight excluding hydrogens is 871 g/mol. The van der Waals surface area contributed by atoms with E-state index in [9.17, 15) is 14.4 Å². The molecule has 11 nitrogen and oxygen atoms in total. The van der Waals surface area contributed by atoms with E-state index in [0.717, 1.165) is 116 Å². The van der Waals surface area contributed by atoms with Gasteiger partial charge < -0.3 is 38.1 Å². The van der Waals surface area contributed by atoms with Crippen molar-refractivity contribution >= 4 is 17.9 Å². The molecule has 5 atom stereocenters. The van der Waals surface area contributed by atoms with Gasteiger partial charge >= 0.3 is 17.9 Å². The van der Waals surface area contributed by atoms with Crippen LogP contribution in [-0.2, 0) is 47.5 Å². The van der Waals surface area contributed by atoms with Gasteiger partial charge in [0.2, 0.25) is 0 Å². The van der Waals surface area contributed by atoms with Crippen molar-refractivity contribution in [3.05, 3.63) is 0 Å². The van der Waals surface area contributed by atoms with Gasteiger partial charge in [-0.25, -0.2) is 0 Å². The zero-order valence-corrected chi connectivity index (χ0v) is 46.3. The van der Waals surface area contributed by atoms with Crippen molar-refractivity contribution in [1.29, 1.82) is 0 Å². The molecule has 2 fully saturated rings. The number of carbonyl (C=O) groups is 3. The minimum Gasteiger partial charge on any atom is -0.466 e. The smallest absolute Gasteiger partial charge is 0.305 e. The third kappa shape index (κ3) is 30.1. The van der Waals surface area contributed by atoms with Gasteiger partial charge in [-0.15, -0.1) is 0 Å². The Kier molecular flexibility index (Phi) is 35.6. The van der Waals surface area contributed by atoms with Gasteiger partial charge in [0.05, 0.1) is 32.7 Å². The van der Waals surface area contributed by atoms with Gasteiger partial charge in [-0.2, -0.15) is 0 Å². The zero-order valence-electron chi connectivity index (χ0n) is 46.3. The lowest BCUT2D eigenvalue weighted by Crippen LogP contribution is -2.48. The Hall–Kier alpha value is -1.79. The van der Waals surface area contributed by atoms with Crippen LogP contribution in [-0.4, -0.2) is 102 Å². The first-order valence-electron chi connectivity index (χ1n) is 28.9. The van der Waals surface area contributed by atoms with Crippen LogP contribution in [0.5, 0.6) is 0 Å². The van der Waals surface area contributed by atoms with Crippen LogP contribution in [0.3, 0.4) is 0 Å². The largest absolute Gasteiger partial charge is 0.466 e. The molecule has 2 saturated carbocycles. The van der Waals surface area contributed by atoms with Gasteiger partial charge in [0.15, 0.2) is 12.6 Å². The number of hydrogen-bond donors (Lipinski definition) is 0. The third-order valence-electron chi connectivity index (χ3n) is 15.3. The first kappa shape index (κ1) is 63.3. The van der Waals surface area contributed by atoms with Crippen LogP contribution in [0.2, 0.25) is 0 Å². The van der Waals surface area contributed by atoms with Crippen LogP contribution >= 0.6 is 0 Å². The highest BCUT2D eigenvalue weighted by Crippen LogP contribution is 2.63. The summed E-state index contributed by atoms with van der Waals surface area (Å²) in [5.41, 5.74) is -0.0497. The molecule has 2 aliphatic carbocycles. The van der Waals surface area contributed by atoms with E-state index in [0.29, 0.717) is 64.8 Å². The fourth-order valence-corrected chi connectivity index (χ4v) is 11.7. The van der Waals surface area contributed by atoms with Crippen molar-refractivity contribution in [3.8, 4) is 0 Å². The van der Waals surface area contributed by atoms with E-state index in [1.807, 2.05) is 0 Å². The van der Waals surface area contributed by atoms with Crippen LogP contribution in [0, 0.1) is 22.2 Å². The summed E-state index contributed by atoms with van der Waals surface area (Å²) < 4.78 is 41.7. The molecule has 0 saturated heterocycles. The Morgan fingerprint density at radius 3 is 1.30 bits per heavy atom. The molecule has 0 N–H and O–H groups in total. The Labute approximate surface area is 424 Å². The third-order valence-corrected chi connectivity index (χ3v) is 15.3. The van der Waals surface area contributed by atoms with E-state index < -0.39 is 6.29 Å². The molecule has 5 unspecified atom stereocenters. The van der Waals surface area contributed by atoms with E-state index in [-0.39, 0.29) is 53.3 Å². The average molecular weight is 981 g/mol. The highest BCUT2D eigenvalue weighted by Gasteiger charge is 2.53. The summed E-state index contributed by atoms with van der Waals surface area (Å²) in [6.45, 7) is 21.8. The summed E-state index contributed by atoms with van der Waals surface area (Å²) in [6, 6.07) is 0. The highest BCUT2D eigenvalue weighted by molar-refractivity contribution is 5.70. The lowest BCUT2D eigenvalue weighted by atomic mass is 9.47. The Morgan fingerprint density at radius 2 is 0.870 bits per heavy atom. The van der Waals surface area contributed by atoms with Crippen molar-refractivity contribution in [2.24, 2.45) is 22.2 Å².